The lowest BCUT2D eigenvalue weighted by molar-refractivity contribution is -0.132. The van der Waals surface area contributed by atoms with Crippen LogP contribution in [0.5, 0.6) is 0 Å². The Morgan fingerprint density at radius 2 is 1.85 bits per heavy atom. The zero-order valence-corrected chi connectivity index (χ0v) is 16.0. The number of imide groups is 1. The number of carbonyl (C=O) groups excluding carboxylic acids is 3. The molecule has 3 rings (SSSR count). The molecule has 3 amide bonds. The second-order valence-electron chi connectivity index (χ2n) is 6.92. The van der Waals surface area contributed by atoms with Gasteiger partial charge in [-0.1, -0.05) is 26.0 Å². The predicted octanol–water partition coefficient (Wildman–Crippen LogP) is 2.70. The van der Waals surface area contributed by atoms with Gasteiger partial charge in [-0.15, -0.1) is 11.8 Å². The van der Waals surface area contributed by atoms with E-state index in [0.717, 1.165) is 5.56 Å². The van der Waals surface area contributed by atoms with E-state index >= 15 is 0 Å². The average Bonchev–Trinajstić information content (AvgIpc) is 2.95. The van der Waals surface area contributed by atoms with Gasteiger partial charge in [-0.05, 0) is 30.5 Å². The minimum absolute atomic E-state index is 0.0861. The number of rotatable bonds is 5. The lowest BCUT2D eigenvalue weighted by atomic mass is 10.0. The van der Waals surface area contributed by atoms with Crippen LogP contribution in [0.25, 0.3) is 0 Å². The molecule has 0 aromatic heterocycles. The van der Waals surface area contributed by atoms with E-state index in [-0.39, 0.29) is 24.5 Å². The molecule has 0 aliphatic carbocycles. The SMILES string of the molecule is CC(C)Sc1ccc(CC(=O)N2CCC(N3C(=O)COC3=O)CC2)cc1. The van der Waals surface area contributed by atoms with Gasteiger partial charge in [0, 0.05) is 29.3 Å². The molecule has 0 saturated carbocycles. The van der Waals surface area contributed by atoms with Gasteiger partial charge in [-0.25, -0.2) is 9.69 Å². The first-order valence-electron chi connectivity index (χ1n) is 8.96. The summed E-state index contributed by atoms with van der Waals surface area (Å²) >= 11 is 1.80. The van der Waals surface area contributed by atoms with Crippen LogP contribution in [0.15, 0.2) is 29.2 Å². The Hall–Kier alpha value is -2.02. The van der Waals surface area contributed by atoms with Crippen molar-refractivity contribution < 1.29 is 19.1 Å². The number of carbonyl (C=O) groups is 3. The number of piperidine rings is 1. The van der Waals surface area contributed by atoms with Crippen LogP contribution in [0, 0.1) is 0 Å². The van der Waals surface area contributed by atoms with Crippen LogP contribution in [-0.4, -0.2) is 58.7 Å². The first-order valence-corrected chi connectivity index (χ1v) is 9.84. The number of nitrogens with zero attached hydrogens (tertiary/aromatic N) is 2. The van der Waals surface area contributed by atoms with Crippen molar-refractivity contribution in [3.05, 3.63) is 29.8 Å². The fraction of sp³-hybridized carbons (Fsp3) is 0.526. The first kappa shape index (κ1) is 18.8. The molecule has 140 valence electrons. The van der Waals surface area contributed by atoms with Crippen molar-refractivity contribution in [1.29, 1.82) is 0 Å². The van der Waals surface area contributed by atoms with E-state index < -0.39 is 6.09 Å². The highest BCUT2D eigenvalue weighted by molar-refractivity contribution is 7.99. The summed E-state index contributed by atoms with van der Waals surface area (Å²) in [5.41, 5.74) is 1.00. The topological polar surface area (TPSA) is 66.9 Å². The van der Waals surface area contributed by atoms with E-state index in [1.165, 1.54) is 9.80 Å². The number of cyclic esters (lactones) is 1. The molecule has 0 unspecified atom stereocenters. The van der Waals surface area contributed by atoms with Crippen LogP contribution in [-0.2, 0) is 20.7 Å². The van der Waals surface area contributed by atoms with Crippen molar-refractivity contribution in [2.75, 3.05) is 19.7 Å². The summed E-state index contributed by atoms with van der Waals surface area (Å²) in [6, 6.07) is 7.98. The molecule has 0 radical (unpaired) electrons. The van der Waals surface area contributed by atoms with E-state index in [2.05, 4.69) is 26.0 Å². The van der Waals surface area contributed by atoms with Crippen molar-refractivity contribution in [1.82, 2.24) is 9.80 Å². The van der Waals surface area contributed by atoms with E-state index in [9.17, 15) is 14.4 Å². The van der Waals surface area contributed by atoms with E-state index in [4.69, 9.17) is 4.74 Å². The quantitative estimate of drug-likeness (QED) is 0.739. The van der Waals surface area contributed by atoms with Crippen molar-refractivity contribution in [2.45, 2.75) is 49.3 Å². The van der Waals surface area contributed by atoms with Gasteiger partial charge in [0.15, 0.2) is 6.61 Å². The van der Waals surface area contributed by atoms with Gasteiger partial charge >= 0.3 is 6.09 Å². The van der Waals surface area contributed by atoms with Crippen LogP contribution in [0.3, 0.4) is 0 Å². The smallest absolute Gasteiger partial charge is 0.417 e. The summed E-state index contributed by atoms with van der Waals surface area (Å²) in [6.45, 7) is 5.26. The van der Waals surface area contributed by atoms with E-state index in [1.54, 1.807) is 11.8 Å². The average molecular weight is 376 g/mol. The summed E-state index contributed by atoms with van der Waals surface area (Å²) in [7, 11) is 0. The minimum Gasteiger partial charge on any atom is -0.439 e. The first-order chi connectivity index (χ1) is 12.4. The highest BCUT2D eigenvalue weighted by atomic mass is 32.2. The summed E-state index contributed by atoms with van der Waals surface area (Å²) in [6.07, 6.45) is 1.04. The largest absolute Gasteiger partial charge is 0.439 e. The highest BCUT2D eigenvalue weighted by Crippen LogP contribution is 2.24. The number of hydrogen-bond acceptors (Lipinski definition) is 5. The van der Waals surface area contributed by atoms with Gasteiger partial charge in [-0.3, -0.25) is 9.59 Å². The zero-order valence-electron chi connectivity index (χ0n) is 15.1. The Morgan fingerprint density at radius 1 is 1.19 bits per heavy atom. The van der Waals surface area contributed by atoms with Gasteiger partial charge < -0.3 is 9.64 Å². The zero-order chi connectivity index (χ0) is 18.7. The molecule has 6 nitrogen and oxygen atoms in total. The van der Waals surface area contributed by atoms with Gasteiger partial charge in [0.05, 0.1) is 6.42 Å². The Balaban J connectivity index is 1.50. The third-order valence-electron chi connectivity index (χ3n) is 4.62. The molecule has 1 aromatic rings. The van der Waals surface area contributed by atoms with Gasteiger partial charge in [0.1, 0.15) is 0 Å². The maximum atomic E-state index is 12.5. The van der Waals surface area contributed by atoms with Crippen LogP contribution >= 0.6 is 11.8 Å². The summed E-state index contributed by atoms with van der Waals surface area (Å²) < 4.78 is 4.77. The molecule has 0 bridgehead atoms. The van der Waals surface area contributed by atoms with Crippen LogP contribution in [0.1, 0.15) is 32.3 Å². The highest BCUT2D eigenvalue weighted by Gasteiger charge is 2.38. The fourth-order valence-electron chi connectivity index (χ4n) is 3.34. The molecule has 2 aliphatic heterocycles. The fourth-order valence-corrected chi connectivity index (χ4v) is 4.17. The second-order valence-corrected chi connectivity index (χ2v) is 8.57. The van der Waals surface area contributed by atoms with Crippen molar-refractivity contribution in [3.63, 3.8) is 0 Å². The number of ether oxygens (including phenoxy) is 1. The molecule has 2 aliphatic rings. The molecule has 1 aromatic carbocycles. The molecule has 7 heteroatoms. The van der Waals surface area contributed by atoms with Crippen LogP contribution in [0.2, 0.25) is 0 Å². The Bertz CT molecular complexity index is 665. The second kappa shape index (κ2) is 8.12. The lowest BCUT2D eigenvalue weighted by Gasteiger charge is -2.34. The summed E-state index contributed by atoms with van der Waals surface area (Å²) in [5.74, 6) is -0.192. The Morgan fingerprint density at radius 3 is 2.38 bits per heavy atom. The Labute approximate surface area is 157 Å². The molecule has 0 N–H and O–H groups in total. The molecule has 2 saturated heterocycles. The number of thioether (sulfide) groups is 1. The third-order valence-corrected chi connectivity index (χ3v) is 5.63. The van der Waals surface area contributed by atoms with E-state index in [1.807, 2.05) is 17.0 Å². The maximum Gasteiger partial charge on any atom is 0.417 e. The standard InChI is InChI=1S/C19H24N2O4S/c1-13(2)26-16-5-3-14(4-6-16)11-17(22)20-9-7-15(8-10-20)21-18(23)12-25-19(21)24/h3-6,13,15H,7-12H2,1-2H3. The number of amides is 3. The van der Waals surface area contributed by atoms with Gasteiger partial charge in [0.2, 0.25) is 5.91 Å². The molecule has 2 heterocycles. The molecular formula is C19H24N2O4S. The van der Waals surface area contributed by atoms with Crippen molar-refractivity contribution in [3.8, 4) is 0 Å². The normalized spacial score (nSPS) is 18.6. The predicted molar refractivity (Wildman–Crippen MR) is 98.9 cm³/mol. The third kappa shape index (κ3) is 4.38. The number of benzene rings is 1. The molecule has 0 atom stereocenters. The Kier molecular flexibility index (Phi) is 5.86. The van der Waals surface area contributed by atoms with Crippen molar-refractivity contribution >= 4 is 29.7 Å². The molecule has 26 heavy (non-hydrogen) atoms. The number of hydrogen-bond donors (Lipinski definition) is 0. The van der Waals surface area contributed by atoms with Crippen molar-refractivity contribution in [2.24, 2.45) is 0 Å². The van der Waals surface area contributed by atoms with Gasteiger partial charge in [0.25, 0.3) is 5.91 Å². The number of likely N-dealkylation sites (tertiary alicyclic amines) is 1. The molecule has 0 spiro atoms. The summed E-state index contributed by atoms with van der Waals surface area (Å²) in [5, 5.41) is 0.531. The van der Waals surface area contributed by atoms with E-state index in [0.29, 0.717) is 37.6 Å². The van der Waals surface area contributed by atoms with Crippen LogP contribution in [0.4, 0.5) is 4.79 Å². The lowest BCUT2D eigenvalue weighted by Crippen LogP contribution is -2.48. The van der Waals surface area contributed by atoms with Gasteiger partial charge in [-0.2, -0.15) is 0 Å². The molecular weight excluding hydrogens is 352 g/mol. The maximum absolute atomic E-state index is 12.5. The summed E-state index contributed by atoms with van der Waals surface area (Å²) in [4.78, 5) is 40.1. The minimum atomic E-state index is -0.556. The molecule has 2 fully saturated rings. The monoisotopic (exact) mass is 376 g/mol. The van der Waals surface area contributed by atoms with Crippen LogP contribution < -0.4 is 0 Å².